The molecule has 1 saturated heterocycles. The third-order valence-corrected chi connectivity index (χ3v) is 4.13. The molecule has 0 spiro atoms. The normalized spacial score (nSPS) is 17.3. The summed E-state index contributed by atoms with van der Waals surface area (Å²) < 4.78 is 27.1. The van der Waals surface area contributed by atoms with E-state index in [1.165, 1.54) is 0 Å². The van der Waals surface area contributed by atoms with Crippen LogP contribution < -0.4 is 14.2 Å². The standard InChI is InChI=1S/C18H27NO6/c1-12(2)19(18(20)17-11-24-6-7-25-17)10-13-8-15(22-4)16(23-5)9-14(13)21-3/h8-9,12,17H,6-7,10-11H2,1-5H3. The molecule has 1 atom stereocenters. The molecule has 1 heterocycles. The largest absolute Gasteiger partial charge is 0.496 e. The maximum absolute atomic E-state index is 12.8. The third kappa shape index (κ3) is 4.55. The molecule has 1 unspecified atom stereocenters. The van der Waals surface area contributed by atoms with Gasteiger partial charge in [-0.2, -0.15) is 0 Å². The van der Waals surface area contributed by atoms with Crippen LogP contribution in [-0.4, -0.2) is 64.1 Å². The maximum Gasteiger partial charge on any atom is 0.254 e. The lowest BCUT2D eigenvalue weighted by Crippen LogP contribution is -2.47. The summed E-state index contributed by atoms with van der Waals surface area (Å²) in [7, 11) is 4.73. The van der Waals surface area contributed by atoms with Gasteiger partial charge in [0, 0.05) is 24.2 Å². The molecule has 0 saturated carbocycles. The number of hydrogen-bond acceptors (Lipinski definition) is 6. The van der Waals surface area contributed by atoms with Gasteiger partial charge in [-0.25, -0.2) is 0 Å². The van der Waals surface area contributed by atoms with Crippen molar-refractivity contribution >= 4 is 5.91 Å². The molecule has 7 nitrogen and oxygen atoms in total. The summed E-state index contributed by atoms with van der Waals surface area (Å²) in [4.78, 5) is 14.6. The van der Waals surface area contributed by atoms with E-state index < -0.39 is 6.10 Å². The number of methoxy groups -OCH3 is 3. The second-order valence-corrected chi connectivity index (χ2v) is 6.01. The van der Waals surface area contributed by atoms with Crippen molar-refractivity contribution in [3.8, 4) is 17.2 Å². The molecule has 1 aromatic carbocycles. The van der Waals surface area contributed by atoms with E-state index in [1.54, 1.807) is 32.3 Å². The van der Waals surface area contributed by atoms with Gasteiger partial charge < -0.3 is 28.6 Å². The van der Waals surface area contributed by atoms with Crippen molar-refractivity contribution in [2.45, 2.75) is 32.5 Å². The predicted molar refractivity (Wildman–Crippen MR) is 92.3 cm³/mol. The fraction of sp³-hybridized carbons (Fsp3) is 0.611. The Kier molecular flexibility index (Phi) is 6.90. The lowest BCUT2D eigenvalue weighted by molar-refractivity contribution is -0.160. The highest BCUT2D eigenvalue weighted by Crippen LogP contribution is 2.35. The fourth-order valence-corrected chi connectivity index (χ4v) is 2.73. The molecule has 0 aromatic heterocycles. The Morgan fingerprint density at radius 3 is 2.28 bits per heavy atom. The van der Waals surface area contributed by atoms with Crippen LogP contribution in [0.15, 0.2) is 12.1 Å². The molecule has 1 fully saturated rings. The SMILES string of the molecule is COc1cc(OC)c(OC)cc1CN(C(=O)C1COCCO1)C(C)C. The molecule has 1 aliphatic heterocycles. The fourth-order valence-electron chi connectivity index (χ4n) is 2.73. The van der Waals surface area contributed by atoms with Gasteiger partial charge in [0.15, 0.2) is 17.6 Å². The van der Waals surface area contributed by atoms with E-state index >= 15 is 0 Å². The number of carbonyl (C=O) groups excluding carboxylic acids is 1. The monoisotopic (exact) mass is 353 g/mol. The van der Waals surface area contributed by atoms with Crippen molar-refractivity contribution in [2.24, 2.45) is 0 Å². The zero-order chi connectivity index (χ0) is 18.4. The Morgan fingerprint density at radius 2 is 1.76 bits per heavy atom. The van der Waals surface area contributed by atoms with Crippen molar-refractivity contribution in [2.75, 3.05) is 41.2 Å². The number of rotatable bonds is 7. The Balaban J connectivity index is 2.27. The second-order valence-electron chi connectivity index (χ2n) is 6.01. The first-order valence-corrected chi connectivity index (χ1v) is 8.30. The smallest absolute Gasteiger partial charge is 0.254 e. The molecular weight excluding hydrogens is 326 g/mol. The Labute approximate surface area is 148 Å². The number of hydrogen-bond donors (Lipinski definition) is 0. The van der Waals surface area contributed by atoms with Gasteiger partial charge in [0.05, 0.1) is 41.2 Å². The van der Waals surface area contributed by atoms with Crippen molar-refractivity contribution in [1.82, 2.24) is 4.90 Å². The van der Waals surface area contributed by atoms with E-state index in [0.29, 0.717) is 37.0 Å². The second kappa shape index (κ2) is 8.92. The van der Waals surface area contributed by atoms with E-state index in [0.717, 1.165) is 5.56 Å². The van der Waals surface area contributed by atoms with E-state index in [9.17, 15) is 4.79 Å². The van der Waals surface area contributed by atoms with E-state index in [2.05, 4.69) is 0 Å². The number of carbonyl (C=O) groups is 1. The van der Waals surface area contributed by atoms with Gasteiger partial charge in [-0.05, 0) is 19.9 Å². The Morgan fingerprint density at radius 1 is 1.12 bits per heavy atom. The average molecular weight is 353 g/mol. The number of nitrogens with zero attached hydrogens (tertiary/aromatic N) is 1. The summed E-state index contributed by atoms with van der Waals surface area (Å²) in [5, 5.41) is 0. The van der Waals surface area contributed by atoms with Crippen LogP contribution in [0.25, 0.3) is 0 Å². The van der Waals surface area contributed by atoms with Gasteiger partial charge in [0.2, 0.25) is 0 Å². The highest BCUT2D eigenvalue weighted by molar-refractivity contribution is 5.81. The summed E-state index contributed by atoms with van der Waals surface area (Å²) in [6.45, 7) is 5.55. The molecule has 0 N–H and O–H groups in total. The van der Waals surface area contributed by atoms with Gasteiger partial charge in [-0.3, -0.25) is 4.79 Å². The zero-order valence-electron chi connectivity index (χ0n) is 15.5. The van der Waals surface area contributed by atoms with Crippen LogP contribution in [0.4, 0.5) is 0 Å². The van der Waals surface area contributed by atoms with Crippen LogP contribution in [0, 0.1) is 0 Å². The first-order chi connectivity index (χ1) is 12.0. The van der Waals surface area contributed by atoms with Crippen molar-refractivity contribution < 1.29 is 28.5 Å². The molecule has 7 heteroatoms. The number of benzene rings is 1. The Bertz CT molecular complexity index is 583. The van der Waals surface area contributed by atoms with Crippen LogP contribution in [0.5, 0.6) is 17.2 Å². The number of ether oxygens (including phenoxy) is 5. The van der Waals surface area contributed by atoms with Crippen molar-refractivity contribution in [3.05, 3.63) is 17.7 Å². The third-order valence-electron chi connectivity index (χ3n) is 4.13. The lowest BCUT2D eigenvalue weighted by Gasteiger charge is -2.32. The van der Waals surface area contributed by atoms with Gasteiger partial charge >= 0.3 is 0 Å². The minimum atomic E-state index is -0.567. The molecule has 1 amide bonds. The zero-order valence-corrected chi connectivity index (χ0v) is 15.5. The van der Waals surface area contributed by atoms with Gasteiger partial charge in [0.25, 0.3) is 5.91 Å². The molecule has 0 aliphatic carbocycles. The first kappa shape index (κ1) is 19.3. The van der Waals surface area contributed by atoms with Crippen molar-refractivity contribution in [3.63, 3.8) is 0 Å². The van der Waals surface area contributed by atoms with Crippen LogP contribution in [-0.2, 0) is 20.8 Å². The Hall–Kier alpha value is -1.99. The molecule has 0 bridgehead atoms. The van der Waals surface area contributed by atoms with Crippen molar-refractivity contribution in [1.29, 1.82) is 0 Å². The molecule has 2 rings (SSSR count). The molecule has 140 valence electrons. The van der Waals surface area contributed by atoms with Crippen LogP contribution in [0.2, 0.25) is 0 Å². The van der Waals surface area contributed by atoms with E-state index in [4.69, 9.17) is 23.7 Å². The molecule has 0 radical (unpaired) electrons. The maximum atomic E-state index is 12.8. The van der Waals surface area contributed by atoms with Gasteiger partial charge in [0.1, 0.15) is 5.75 Å². The first-order valence-electron chi connectivity index (χ1n) is 8.30. The molecule has 1 aliphatic rings. The van der Waals surface area contributed by atoms with Crippen LogP contribution >= 0.6 is 0 Å². The molecular formula is C18H27NO6. The van der Waals surface area contributed by atoms with Gasteiger partial charge in [-0.15, -0.1) is 0 Å². The van der Waals surface area contributed by atoms with Crippen LogP contribution in [0.3, 0.4) is 0 Å². The van der Waals surface area contributed by atoms with E-state index in [-0.39, 0.29) is 18.6 Å². The molecule has 1 aromatic rings. The molecule has 25 heavy (non-hydrogen) atoms. The summed E-state index contributed by atoms with van der Waals surface area (Å²) in [6, 6.07) is 3.59. The lowest BCUT2D eigenvalue weighted by atomic mass is 10.1. The topological polar surface area (TPSA) is 66.5 Å². The summed E-state index contributed by atoms with van der Waals surface area (Å²) >= 11 is 0. The van der Waals surface area contributed by atoms with E-state index in [1.807, 2.05) is 19.9 Å². The summed E-state index contributed by atoms with van der Waals surface area (Å²) in [6.07, 6.45) is -0.567. The summed E-state index contributed by atoms with van der Waals surface area (Å²) in [5.74, 6) is 1.71. The summed E-state index contributed by atoms with van der Waals surface area (Å²) in [5.41, 5.74) is 0.832. The highest BCUT2D eigenvalue weighted by Gasteiger charge is 2.30. The minimum Gasteiger partial charge on any atom is -0.496 e. The number of amides is 1. The van der Waals surface area contributed by atoms with Gasteiger partial charge in [-0.1, -0.05) is 0 Å². The average Bonchev–Trinajstić information content (AvgIpc) is 2.65. The van der Waals surface area contributed by atoms with Crippen LogP contribution in [0.1, 0.15) is 19.4 Å². The predicted octanol–water partition coefficient (Wildman–Crippen LogP) is 1.86. The minimum absolute atomic E-state index is 0.00386. The highest BCUT2D eigenvalue weighted by atomic mass is 16.6. The quantitative estimate of drug-likeness (QED) is 0.745.